The number of nitrogens with one attached hydrogen (secondary N) is 1. The van der Waals surface area contributed by atoms with Crippen molar-refractivity contribution in [1.82, 2.24) is 20.2 Å². The Morgan fingerprint density at radius 1 is 1.35 bits per heavy atom. The molecule has 1 aromatic heterocycles. The van der Waals surface area contributed by atoms with E-state index in [9.17, 15) is 14.0 Å². The van der Waals surface area contributed by atoms with Crippen LogP contribution in [0.4, 0.5) is 4.39 Å². The molecule has 2 rings (SSSR count). The van der Waals surface area contributed by atoms with Crippen molar-refractivity contribution in [3.05, 3.63) is 51.7 Å². The fraction of sp³-hybridized carbons (Fsp3) is 0.286. The van der Waals surface area contributed by atoms with Crippen molar-refractivity contribution < 1.29 is 9.18 Å². The number of nitrogen functional groups attached to an aromatic ring is 1. The average Bonchev–Trinajstić information content (AvgIpc) is 2.54. The summed E-state index contributed by atoms with van der Waals surface area (Å²) in [5, 5.41) is 10.4. The van der Waals surface area contributed by atoms with Gasteiger partial charge in [-0.05, 0) is 31.0 Å². The standard InChI is InChI=1S/C14H16FN5O2S/c1-9-13(22)20(16)14(19-18-9)23-8-12(21)17-7-6-10-2-4-11(15)5-3-10/h2-5H,6-8,16H2,1H3,(H,17,21). The number of aryl methyl sites for hydroxylation is 1. The molecule has 1 aromatic carbocycles. The Morgan fingerprint density at radius 2 is 2.04 bits per heavy atom. The van der Waals surface area contributed by atoms with Crippen molar-refractivity contribution in [1.29, 1.82) is 0 Å². The van der Waals surface area contributed by atoms with E-state index in [0.717, 1.165) is 22.0 Å². The number of nitrogens with zero attached hydrogens (tertiary/aromatic N) is 3. The molecule has 0 bridgehead atoms. The van der Waals surface area contributed by atoms with E-state index in [0.29, 0.717) is 13.0 Å². The quantitative estimate of drug-likeness (QED) is 0.579. The zero-order valence-electron chi connectivity index (χ0n) is 12.5. The van der Waals surface area contributed by atoms with Crippen molar-refractivity contribution in [3.63, 3.8) is 0 Å². The van der Waals surface area contributed by atoms with Gasteiger partial charge in [-0.3, -0.25) is 9.59 Å². The van der Waals surface area contributed by atoms with Gasteiger partial charge in [-0.2, -0.15) is 4.68 Å². The van der Waals surface area contributed by atoms with Crippen molar-refractivity contribution in [2.24, 2.45) is 0 Å². The first kappa shape index (κ1) is 16.9. The van der Waals surface area contributed by atoms with Crippen LogP contribution in [0.3, 0.4) is 0 Å². The second-order valence-electron chi connectivity index (χ2n) is 4.76. The van der Waals surface area contributed by atoms with E-state index >= 15 is 0 Å². The molecule has 1 amide bonds. The number of thioether (sulfide) groups is 1. The number of hydrogen-bond donors (Lipinski definition) is 2. The maximum atomic E-state index is 12.8. The summed E-state index contributed by atoms with van der Waals surface area (Å²) in [7, 11) is 0. The van der Waals surface area contributed by atoms with Gasteiger partial charge in [0.05, 0.1) is 5.75 Å². The van der Waals surface area contributed by atoms with E-state index in [1.807, 2.05) is 0 Å². The molecule has 7 nitrogen and oxygen atoms in total. The van der Waals surface area contributed by atoms with Gasteiger partial charge in [-0.25, -0.2) is 4.39 Å². The number of carbonyl (C=O) groups is 1. The summed E-state index contributed by atoms with van der Waals surface area (Å²) in [6, 6.07) is 6.10. The second-order valence-corrected chi connectivity index (χ2v) is 5.70. The summed E-state index contributed by atoms with van der Waals surface area (Å²) in [5.41, 5.74) is 0.680. The number of nitrogens with two attached hydrogens (primary N) is 1. The molecule has 2 aromatic rings. The molecule has 0 aliphatic carbocycles. The molecule has 0 radical (unpaired) electrons. The van der Waals surface area contributed by atoms with E-state index < -0.39 is 5.56 Å². The third kappa shape index (κ3) is 4.78. The summed E-state index contributed by atoms with van der Waals surface area (Å²) in [6.45, 7) is 1.94. The molecule has 3 N–H and O–H groups in total. The van der Waals surface area contributed by atoms with Crippen LogP contribution in [0.5, 0.6) is 0 Å². The molecule has 0 saturated heterocycles. The first-order valence-corrected chi connectivity index (χ1v) is 7.81. The molecule has 1 heterocycles. The van der Waals surface area contributed by atoms with Gasteiger partial charge in [-0.15, -0.1) is 10.2 Å². The molecule has 0 atom stereocenters. The van der Waals surface area contributed by atoms with Crippen molar-refractivity contribution in [2.45, 2.75) is 18.5 Å². The maximum Gasteiger partial charge on any atom is 0.294 e. The number of amides is 1. The largest absolute Gasteiger partial charge is 0.355 e. The Hall–Kier alpha value is -2.42. The van der Waals surface area contributed by atoms with Gasteiger partial charge < -0.3 is 11.2 Å². The summed E-state index contributed by atoms with van der Waals surface area (Å²) in [5.74, 6) is 5.14. The first-order valence-electron chi connectivity index (χ1n) is 6.82. The van der Waals surface area contributed by atoms with Crippen molar-refractivity contribution in [2.75, 3.05) is 18.1 Å². The van der Waals surface area contributed by atoms with Gasteiger partial charge in [0.1, 0.15) is 11.5 Å². The van der Waals surface area contributed by atoms with Crippen LogP contribution in [0.25, 0.3) is 0 Å². The maximum absolute atomic E-state index is 12.8. The highest BCUT2D eigenvalue weighted by Crippen LogP contribution is 2.10. The van der Waals surface area contributed by atoms with Gasteiger partial charge in [-0.1, -0.05) is 23.9 Å². The predicted octanol–water partition coefficient (Wildman–Crippen LogP) is 0.251. The molecule has 0 unspecified atom stereocenters. The highest BCUT2D eigenvalue weighted by atomic mass is 32.2. The van der Waals surface area contributed by atoms with Crippen molar-refractivity contribution >= 4 is 17.7 Å². The minimum Gasteiger partial charge on any atom is -0.355 e. The summed E-state index contributed by atoms with van der Waals surface area (Å²) >= 11 is 1.03. The Kier molecular flexibility index (Phi) is 5.69. The molecule has 0 aliphatic rings. The molecule has 23 heavy (non-hydrogen) atoms. The van der Waals surface area contributed by atoms with Gasteiger partial charge in [0, 0.05) is 6.54 Å². The summed E-state index contributed by atoms with van der Waals surface area (Å²) in [4.78, 5) is 23.3. The number of aromatic nitrogens is 3. The Labute approximate surface area is 136 Å². The third-order valence-electron chi connectivity index (χ3n) is 3.00. The van der Waals surface area contributed by atoms with Crippen LogP contribution in [0.2, 0.25) is 0 Å². The number of halogens is 1. The van der Waals surface area contributed by atoms with Crippen LogP contribution in [-0.2, 0) is 11.2 Å². The lowest BCUT2D eigenvalue weighted by Crippen LogP contribution is -2.33. The lowest BCUT2D eigenvalue weighted by atomic mass is 10.1. The zero-order valence-corrected chi connectivity index (χ0v) is 13.3. The summed E-state index contributed by atoms with van der Waals surface area (Å²) in [6.07, 6.45) is 0.600. The fourth-order valence-electron chi connectivity index (χ4n) is 1.75. The first-order chi connectivity index (χ1) is 11.0. The van der Waals surface area contributed by atoms with Crippen LogP contribution in [-0.4, -0.2) is 33.1 Å². The average molecular weight is 337 g/mol. The van der Waals surface area contributed by atoms with Crippen LogP contribution < -0.4 is 16.7 Å². The monoisotopic (exact) mass is 337 g/mol. The van der Waals surface area contributed by atoms with E-state index in [-0.39, 0.29) is 28.3 Å². The molecule has 0 saturated carbocycles. The Balaban J connectivity index is 1.78. The number of rotatable bonds is 6. The normalized spacial score (nSPS) is 10.5. The SMILES string of the molecule is Cc1nnc(SCC(=O)NCCc2ccc(F)cc2)n(N)c1=O. The zero-order chi connectivity index (χ0) is 16.8. The fourth-order valence-corrected chi connectivity index (χ4v) is 2.43. The molecular weight excluding hydrogens is 321 g/mol. The van der Waals surface area contributed by atoms with Gasteiger partial charge >= 0.3 is 0 Å². The summed E-state index contributed by atoms with van der Waals surface area (Å²) < 4.78 is 13.6. The van der Waals surface area contributed by atoms with E-state index in [4.69, 9.17) is 5.84 Å². The highest BCUT2D eigenvalue weighted by Gasteiger charge is 2.10. The highest BCUT2D eigenvalue weighted by molar-refractivity contribution is 7.99. The minimum absolute atomic E-state index is 0.0673. The lowest BCUT2D eigenvalue weighted by molar-refractivity contribution is -0.118. The second kappa shape index (κ2) is 7.73. The van der Waals surface area contributed by atoms with E-state index in [2.05, 4.69) is 15.5 Å². The Morgan fingerprint density at radius 3 is 2.74 bits per heavy atom. The van der Waals surface area contributed by atoms with Gasteiger partial charge in [0.15, 0.2) is 0 Å². The number of carbonyl (C=O) groups excluding carboxylic acids is 1. The molecule has 9 heteroatoms. The molecular formula is C14H16FN5O2S. The van der Waals surface area contributed by atoms with Crippen LogP contribution in [0, 0.1) is 12.7 Å². The van der Waals surface area contributed by atoms with Crippen LogP contribution in [0.15, 0.2) is 34.2 Å². The lowest BCUT2D eigenvalue weighted by Gasteiger charge is -2.07. The third-order valence-corrected chi connectivity index (χ3v) is 3.94. The minimum atomic E-state index is -0.445. The molecule has 0 spiro atoms. The molecule has 0 aliphatic heterocycles. The number of benzene rings is 1. The molecule has 122 valence electrons. The van der Waals surface area contributed by atoms with E-state index in [1.54, 1.807) is 12.1 Å². The smallest absolute Gasteiger partial charge is 0.294 e. The molecule has 0 fully saturated rings. The van der Waals surface area contributed by atoms with Crippen LogP contribution in [0.1, 0.15) is 11.3 Å². The Bertz CT molecular complexity index is 748. The van der Waals surface area contributed by atoms with Crippen molar-refractivity contribution in [3.8, 4) is 0 Å². The van der Waals surface area contributed by atoms with Crippen LogP contribution >= 0.6 is 11.8 Å². The number of hydrogen-bond acceptors (Lipinski definition) is 6. The van der Waals surface area contributed by atoms with Gasteiger partial charge in [0.2, 0.25) is 11.1 Å². The van der Waals surface area contributed by atoms with E-state index in [1.165, 1.54) is 19.1 Å². The van der Waals surface area contributed by atoms with Gasteiger partial charge in [0.25, 0.3) is 5.56 Å². The predicted molar refractivity (Wildman–Crippen MR) is 85.0 cm³/mol. The topological polar surface area (TPSA) is 103 Å².